The Balaban J connectivity index is 2.08. The Bertz CT molecular complexity index is 589. The summed E-state index contributed by atoms with van der Waals surface area (Å²) in [5.41, 5.74) is 3.89. The zero-order valence-corrected chi connectivity index (χ0v) is 8.77. The van der Waals surface area contributed by atoms with E-state index in [-0.39, 0.29) is 23.9 Å². The molecule has 0 saturated carbocycles. The highest BCUT2D eigenvalue weighted by Gasteiger charge is 2.30. The fraction of sp³-hybridized carbons (Fsp3) is 0.167. The summed E-state index contributed by atoms with van der Waals surface area (Å²) in [6, 6.07) is 4.92. The minimum Gasteiger partial charge on any atom is -0.294 e. The Kier molecular flexibility index (Phi) is 1.95. The number of hydrazone groups is 1. The zero-order valence-electron chi connectivity index (χ0n) is 8.77. The number of hydrogen-bond donors (Lipinski definition) is 1. The molecule has 1 aliphatic carbocycles. The van der Waals surface area contributed by atoms with Gasteiger partial charge in [-0.25, -0.2) is 5.43 Å². The van der Waals surface area contributed by atoms with Crippen LogP contribution in [0.4, 0.5) is 0 Å². The molecule has 0 fully saturated rings. The number of benzene rings is 1. The first-order chi connectivity index (χ1) is 8.16. The van der Waals surface area contributed by atoms with E-state index >= 15 is 0 Å². The summed E-state index contributed by atoms with van der Waals surface area (Å²) in [6.45, 7) is 0. The van der Waals surface area contributed by atoms with Gasteiger partial charge in [-0.1, -0.05) is 12.1 Å². The molecule has 0 aromatic heterocycles. The van der Waals surface area contributed by atoms with Crippen LogP contribution < -0.4 is 5.43 Å². The van der Waals surface area contributed by atoms with E-state index in [1.165, 1.54) is 6.21 Å². The van der Waals surface area contributed by atoms with Crippen LogP contribution in [0.5, 0.6) is 0 Å². The molecule has 1 amide bonds. The largest absolute Gasteiger partial charge is 0.294 e. The molecule has 3 rings (SSSR count). The van der Waals surface area contributed by atoms with Gasteiger partial charge in [0.15, 0.2) is 11.6 Å². The van der Waals surface area contributed by atoms with Gasteiger partial charge in [0.1, 0.15) is 5.92 Å². The van der Waals surface area contributed by atoms with Crippen molar-refractivity contribution in [2.24, 2.45) is 5.10 Å². The molecule has 17 heavy (non-hydrogen) atoms. The monoisotopic (exact) mass is 228 g/mol. The van der Waals surface area contributed by atoms with Crippen molar-refractivity contribution in [2.75, 3.05) is 0 Å². The average molecular weight is 228 g/mol. The van der Waals surface area contributed by atoms with E-state index in [2.05, 4.69) is 10.5 Å². The van der Waals surface area contributed by atoms with Crippen molar-refractivity contribution in [3.8, 4) is 0 Å². The van der Waals surface area contributed by atoms with Gasteiger partial charge < -0.3 is 0 Å². The Morgan fingerprint density at radius 1 is 1.12 bits per heavy atom. The van der Waals surface area contributed by atoms with E-state index in [1.807, 2.05) is 0 Å². The standard InChI is InChI=1S/C12H8N2O3/c15-10-4-11(16)8-3-6(1-2-7(8)10)9-5-13-14-12(9)17/h1-3,5,9H,4H2,(H,14,17). The minimum atomic E-state index is -0.469. The molecule has 1 aromatic rings. The lowest BCUT2D eigenvalue weighted by Gasteiger charge is -2.06. The predicted molar refractivity (Wildman–Crippen MR) is 59.1 cm³/mol. The first-order valence-electron chi connectivity index (χ1n) is 5.20. The number of amides is 1. The van der Waals surface area contributed by atoms with Crippen LogP contribution in [-0.4, -0.2) is 23.7 Å². The molecule has 0 radical (unpaired) electrons. The van der Waals surface area contributed by atoms with Crippen molar-refractivity contribution in [3.05, 3.63) is 34.9 Å². The highest BCUT2D eigenvalue weighted by Crippen LogP contribution is 2.26. The molecule has 1 unspecified atom stereocenters. The average Bonchev–Trinajstić information content (AvgIpc) is 2.84. The molecule has 0 spiro atoms. The van der Waals surface area contributed by atoms with Crippen molar-refractivity contribution in [3.63, 3.8) is 0 Å². The summed E-state index contributed by atoms with van der Waals surface area (Å²) >= 11 is 0. The number of ketones is 2. The second-order valence-corrected chi connectivity index (χ2v) is 4.06. The van der Waals surface area contributed by atoms with Gasteiger partial charge in [-0.05, 0) is 11.6 Å². The van der Waals surface area contributed by atoms with Gasteiger partial charge in [-0.15, -0.1) is 0 Å². The summed E-state index contributed by atoms with van der Waals surface area (Å²) in [4.78, 5) is 34.4. The molecule has 84 valence electrons. The van der Waals surface area contributed by atoms with Gasteiger partial charge in [-0.2, -0.15) is 5.10 Å². The van der Waals surface area contributed by atoms with Crippen LogP contribution >= 0.6 is 0 Å². The lowest BCUT2D eigenvalue weighted by atomic mass is 9.96. The van der Waals surface area contributed by atoms with Crippen LogP contribution in [0.3, 0.4) is 0 Å². The van der Waals surface area contributed by atoms with E-state index in [1.54, 1.807) is 18.2 Å². The summed E-state index contributed by atoms with van der Waals surface area (Å²) in [5.74, 6) is -1.02. The number of nitrogens with one attached hydrogen (secondary N) is 1. The molecule has 0 saturated heterocycles. The Hall–Kier alpha value is -2.30. The van der Waals surface area contributed by atoms with Crippen molar-refractivity contribution in [1.82, 2.24) is 5.43 Å². The zero-order chi connectivity index (χ0) is 12.0. The van der Waals surface area contributed by atoms with Crippen molar-refractivity contribution < 1.29 is 14.4 Å². The molecule has 0 bridgehead atoms. The van der Waals surface area contributed by atoms with Crippen LogP contribution in [0, 0.1) is 0 Å². The quantitative estimate of drug-likeness (QED) is 0.717. The van der Waals surface area contributed by atoms with Gasteiger partial charge in [0, 0.05) is 17.3 Å². The number of fused-ring (bicyclic) bond motifs is 1. The molecule has 5 nitrogen and oxygen atoms in total. The lowest BCUT2D eigenvalue weighted by Crippen LogP contribution is -2.18. The smallest absolute Gasteiger partial charge is 0.253 e. The number of rotatable bonds is 1. The minimum absolute atomic E-state index is 0.0657. The fourth-order valence-corrected chi connectivity index (χ4v) is 2.12. The van der Waals surface area contributed by atoms with Crippen molar-refractivity contribution >= 4 is 23.7 Å². The first-order valence-corrected chi connectivity index (χ1v) is 5.20. The van der Waals surface area contributed by atoms with Crippen molar-refractivity contribution in [1.29, 1.82) is 0 Å². The highest BCUT2D eigenvalue weighted by molar-refractivity contribution is 6.24. The maximum atomic E-state index is 11.6. The van der Waals surface area contributed by atoms with Gasteiger partial charge in [0.25, 0.3) is 5.91 Å². The molecule has 1 N–H and O–H groups in total. The normalized spacial score (nSPS) is 21.9. The molecule has 1 aliphatic heterocycles. The predicted octanol–water partition coefficient (Wildman–Crippen LogP) is 0.655. The van der Waals surface area contributed by atoms with Crippen LogP contribution in [-0.2, 0) is 4.79 Å². The third-order valence-electron chi connectivity index (χ3n) is 3.01. The molecular weight excluding hydrogens is 220 g/mol. The topological polar surface area (TPSA) is 75.6 Å². The maximum Gasteiger partial charge on any atom is 0.253 e. The SMILES string of the molecule is O=C1CC(=O)c2cc(C3C=NNC3=O)ccc21. The summed E-state index contributed by atoms with van der Waals surface area (Å²) in [7, 11) is 0. The number of carbonyl (C=O) groups excluding carboxylic acids is 3. The fourth-order valence-electron chi connectivity index (χ4n) is 2.12. The molecule has 1 aromatic carbocycles. The van der Waals surface area contributed by atoms with Crippen LogP contribution in [0.15, 0.2) is 23.3 Å². The molecule has 5 heteroatoms. The van der Waals surface area contributed by atoms with E-state index in [0.717, 1.165) is 0 Å². The second kappa shape index (κ2) is 3.35. The van der Waals surface area contributed by atoms with E-state index in [4.69, 9.17) is 0 Å². The van der Waals surface area contributed by atoms with Crippen LogP contribution in [0.25, 0.3) is 0 Å². The maximum absolute atomic E-state index is 11.6. The van der Waals surface area contributed by atoms with Gasteiger partial charge >= 0.3 is 0 Å². The third-order valence-corrected chi connectivity index (χ3v) is 3.01. The van der Waals surface area contributed by atoms with Crippen LogP contribution in [0.1, 0.15) is 38.6 Å². The Morgan fingerprint density at radius 2 is 1.88 bits per heavy atom. The second-order valence-electron chi connectivity index (χ2n) is 4.06. The van der Waals surface area contributed by atoms with Crippen LogP contribution in [0.2, 0.25) is 0 Å². The molecule has 1 heterocycles. The highest BCUT2D eigenvalue weighted by atomic mass is 16.2. The Labute approximate surface area is 96.5 Å². The molecule has 1 atom stereocenters. The summed E-state index contributed by atoms with van der Waals surface area (Å²) in [5, 5.41) is 3.67. The lowest BCUT2D eigenvalue weighted by molar-refractivity contribution is -0.120. The van der Waals surface area contributed by atoms with Gasteiger partial charge in [0.05, 0.1) is 6.42 Å². The number of carbonyl (C=O) groups is 3. The first kappa shape index (κ1) is 9.89. The van der Waals surface area contributed by atoms with Gasteiger partial charge in [-0.3, -0.25) is 14.4 Å². The number of Topliss-reactive ketones (excluding diaryl/α,β-unsaturated/α-hetero) is 2. The molecule has 2 aliphatic rings. The number of hydrogen-bond acceptors (Lipinski definition) is 4. The van der Waals surface area contributed by atoms with Gasteiger partial charge in [0.2, 0.25) is 0 Å². The summed E-state index contributed by atoms with van der Waals surface area (Å²) < 4.78 is 0. The van der Waals surface area contributed by atoms with Crippen molar-refractivity contribution in [2.45, 2.75) is 12.3 Å². The number of nitrogens with zero attached hydrogens (tertiary/aromatic N) is 1. The van der Waals surface area contributed by atoms with E-state index in [9.17, 15) is 14.4 Å². The summed E-state index contributed by atoms with van der Waals surface area (Å²) in [6.07, 6.45) is 1.43. The van der Waals surface area contributed by atoms with E-state index in [0.29, 0.717) is 16.7 Å². The Morgan fingerprint density at radius 3 is 2.59 bits per heavy atom. The molecular formula is C12H8N2O3. The van der Waals surface area contributed by atoms with E-state index < -0.39 is 5.92 Å². The third kappa shape index (κ3) is 1.39.